The number of fused-ring (bicyclic) bond motifs is 10. The van der Waals surface area contributed by atoms with Crippen LogP contribution in [-0.2, 0) is 23.7 Å². The number of esters is 4. The Bertz CT molecular complexity index is 4240. The van der Waals surface area contributed by atoms with Crippen LogP contribution in [0, 0.1) is 0 Å². The number of phenols is 12. The Labute approximate surface area is 424 Å². The number of aliphatic hydroxyl groups excluding tert-OH is 1. The molecule has 0 aliphatic carbocycles. The number of phenolic OH excluding ortho intramolecular Hbond substituents is 12. The minimum Gasteiger partial charge on any atom is -0.869 e. The molecular formula is C48H24O30-4. The average Bonchev–Trinajstić information content (AvgIpc) is 2.96. The van der Waals surface area contributed by atoms with E-state index < -0.39 is 253 Å². The molecule has 3 aliphatic heterocycles. The molecule has 11 rings (SSSR count). The summed E-state index contributed by atoms with van der Waals surface area (Å²) >= 11 is 0. The number of rotatable bonds is 0. The summed E-state index contributed by atoms with van der Waals surface area (Å²) in [4.78, 5) is 86.3. The molecule has 6 bridgehead atoms. The van der Waals surface area contributed by atoms with Gasteiger partial charge in [0, 0.05) is 21.9 Å². The standard InChI is InChI=1S/C48H28O30/c49-10-1-6-17(31(59)27(10)55)19-23-21-22-24(47(70)76-38(21)35(63)33(19)61)20(34(62)36(64)39(22)75-46(23)69)18-9(4-13(52)28(56)32(18)60)43(66)74-37-14(5-72-42(6)65)73-48(71)41-40(37)77-44(67)7-2-11(50)25(53)29(57)15(7)16-8(45(68)78-41)3-12(51)26(54)30(16)58/h1-4,14,37,40-41,48-64,71H,5H2/p-4/t14-,37-,40+,41-,48?/m1/s1. The summed E-state index contributed by atoms with van der Waals surface area (Å²) in [5.74, 6) is -33.5. The van der Waals surface area contributed by atoms with Gasteiger partial charge in [-0.3, -0.25) is 0 Å². The van der Waals surface area contributed by atoms with Gasteiger partial charge in [-0.25, -0.2) is 28.8 Å². The van der Waals surface area contributed by atoms with E-state index in [4.69, 9.17) is 32.5 Å². The van der Waals surface area contributed by atoms with Crippen molar-refractivity contribution in [1.82, 2.24) is 0 Å². The van der Waals surface area contributed by atoms with Gasteiger partial charge in [0.1, 0.15) is 24.2 Å². The number of hydrogen-bond acceptors (Lipinski definition) is 30. The van der Waals surface area contributed by atoms with E-state index in [-0.39, 0.29) is 6.07 Å². The highest BCUT2D eigenvalue weighted by Crippen LogP contribution is 2.58. The van der Waals surface area contributed by atoms with Crippen molar-refractivity contribution in [3.05, 3.63) is 67.4 Å². The van der Waals surface area contributed by atoms with Gasteiger partial charge in [-0.2, -0.15) is 0 Å². The summed E-state index contributed by atoms with van der Waals surface area (Å²) in [5.41, 5.74) is -19.4. The zero-order valence-corrected chi connectivity index (χ0v) is 37.7. The Kier molecular flexibility index (Phi) is 10.3. The fourth-order valence-electron chi connectivity index (χ4n) is 9.66. The highest BCUT2D eigenvalue weighted by molar-refractivity contribution is 6.29. The molecule has 5 atom stereocenters. The normalized spacial score (nSPS) is 19.3. The van der Waals surface area contributed by atoms with E-state index in [9.17, 15) is 116 Å². The molecule has 0 saturated carbocycles. The van der Waals surface area contributed by atoms with Crippen LogP contribution in [0.1, 0.15) is 41.4 Å². The van der Waals surface area contributed by atoms with Crippen molar-refractivity contribution in [3.63, 3.8) is 0 Å². The number of carbonyl (C=O) groups excluding carboxylic acids is 4. The quantitative estimate of drug-likeness (QED) is 0.0297. The fraction of sp³-hybridized carbons (Fsp3) is 0.125. The lowest BCUT2D eigenvalue weighted by Gasteiger charge is -2.43. The highest BCUT2D eigenvalue weighted by atomic mass is 16.7. The maximum atomic E-state index is 14.9. The number of benzene rings is 6. The number of hydrogen-bond donors (Lipinski definition) is 13. The first kappa shape index (κ1) is 49.1. The topological polar surface area (TPSA) is 530 Å². The number of aromatic hydroxyl groups is 12. The van der Waals surface area contributed by atoms with E-state index in [1.165, 1.54) is 0 Å². The Balaban J connectivity index is 1.22. The van der Waals surface area contributed by atoms with Gasteiger partial charge in [-0.05, 0) is 46.5 Å². The van der Waals surface area contributed by atoms with Crippen molar-refractivity contribution in [2.75, 3.05) is 6.61 Å². The minimum atomic E-state index is -2.74. The van der Waals surface area contributed by atoms with Crippen molar-refractivity contribution in [2.24, 2.45) is 0 Å². The predicted octanol–water partition coefficient (Wildman–Crippen LogP) is -0.569. The Morgan fingerprint density at radius 3 is 1.19 bits per heavy atom. The molecule has 0 radical (unpaired) electrons. The number of aliphatic hydroxyl groups is 1. The van der Waals surface area contributed by atoms with Crippen LogP contribution in [0.25, 0.3) is 66.1 Å². The van der Waals surface area contributed by atoms with Crippen molar-refractivity contribution >= 4 is 56.6 Å². The van der Waals surface area contributed by atoms with Crippen molar-refractivity contribution in [2.45, 2.75) is 30.7 Å². The lowest BCUT2D eigenvalue weighted by atomic mass is 9.88. The van der Waals surface area contributed by atoms with Crippen molar-refractivity contribution in [3.8, 4) is 125 Å². The molecule has 30 nitrogen and oxygen atoms in total. The predicted molar refractivity (Wildman–Crippen MR) is 237 cm³/mol. The van der Waals surface area contributed by atoms with E-state index in [0.717, 1.165) is 0 Å². The van der Waals surface area contributed by atoms with Gasteiger partial charge >= 0.3 is 35.1 Å². The van der Waals surface area contributed by atoms with E-state index in [1.807, 2.05) is 0 Å². The molecule has 400 valence electrons. The smallest absolute Gasteiger partial charge is 0.345 e. The Morgan fingerprint density at radius 2 is 0.731 bits per heavy atom. The van der Waals surface area contributed by atoms with E-state index >= 15 is 0 Å². The SMILES string of the molecule is O=C1O[C@H]2C(O)O[C@@H]3COC(=O)c4cc(O)c(O)c(O)c4-c4c([O-])c(O)c5oc(=O)c6c(c([O-])c(O)c7oc(=O)c4c5c76)-c4c(cc(O)c(O)c4[O-])C(=O)O[C@H]3[C@@H]2OC(=O)c2cc(O)c(O)c(O)c2-c2c1cc(O)c(O)c2[O-]. The van der Waals surface area contributed by atoms with E-state index in [2.05, 4.69) is 0 Å². The van der Waals surface area contributed by atoms with Crippen molar-refractivity contribution in [1.29, 1.82) is 0 Å². The number of ether oxygens (including phenoxy) is 5. The molecule has 30 heteroatoms. The van der Waals surface area contributed by atoms with Gasteiger partial charge in [0.15, 0.2) is 81.8 Å². The second kappa shape index (κ2) is 16.4. The van der Waals surface area contributed by atoms with Gasteiger partial charge in [-0.15, -0.1) is 0 Å². The third-order valence-electron chi connectivity index (χ3n) is 13.1. The van der Waals surface area contributed by atoms with Gasteiger partial charge < -0.3 is 119 Å². The molecule has 5 heterocycles. The second-order valence-electron chi connectivity index (χ2n) is 17.3. The van der Waals surface area contributed by atoms with Gasteiger partial charge in [-0.1, -0.05) is 23.0 Å². The minimum absolute atomic E-state index is 0.211. The third-order valence-corrected chi connectivity index (χ3v) is 13.1. The number of carbonyl (C=O) groups is 4. The summed E-state index contributed by atoms with van der Waals surface area (Å²) in [6, 6.07) is 1.19. The van der Waals surface area contributed by atoms with Crippen LogP contribution in [0.4, 0.5) is 0 Å². The summed E-state index contributed by atoms with van der Waals surface area (Å²) in [7, 11) is 0. The molecule has 8 aromatic rings. The molecule has 1 saturated heterocycles. The van der Waals surface area contributed by atoms with E-state index in [0.29, 0.717) is 18.2 Å². The van der Waals surface area contributed by atoms with Gasteiger partial charge in [0.2, 0.25) is 11.5 Å². The Morgan fingerprint density at radius 1 is 0.385 bits per heavy atom. The zero-order chi connectivity index (χ0) is 56.3. The lowest BCUT2D eigenvalue weighted by Crippen LogP contribution is -2.62. The molecule has 6 aromatic carbocycles. The largest absolute Gasteiger partial charge is 0.869 e. The van der Waals surface area contributed by atoms with Gasteiger partial charge in [0.25, 0.3) is 0 Å². The summed E-state index contributed by atoms with van der Waals surface area (Å²) in [6.45, 7) is -1.50. The molecule has 0 spiro atoms. The lowest BCUT2D eigenvalue weighted by molar-refractivity contribution is -0.284. The van der Waals surface area contributed by atoms with Crippen LogP contribution >= 0.6 is 0 Å². The molecule has 1 unspecified atom stereocenters. The molecule has 3 aliphatic rings. The van der Waals surface area contributed by atoms with Crippen LogP contribution in [-0.4, -0.2) is 128 Å². The summed E-state index contributed by atoms with van der Waals surface area (Å²) in [5, 5.41) is 194. The third kappa shape index (κ3) is 6.49. The second-order valence-corrected chi connectivity index (χ2v) is 17.3. The monoisotopic (exact) mass is 1080 g/mol. The highest BCUT2D eigenvalue weighted by Gasteiger charge is 2.54. The molecular weight excluding hydrogens is 1060 g/mol. The first-order valence-corrected chi connectivity index (χ1v) is 21.6. The maximum Gasteiger partial charge on any atom is 0.345 e. The fourth-order valence-corrected chi connectivity index (χ4v) is 9.66. The molecule has 2 aromatic heterocycles. The summed E-state index contributed by atoms with van der Waals surface area (Å²) < 4.78 is 38.1. The average molecular weight is 1080 g/mol. The zero-order valence-electron chi connectivity index (χ0n) is 37.7. The van der Waals surface area contributed by atoms with Crippen LogP contribution in [0.3, 0.4) is 0 Å². The van der Waals surface area contributed by atoms with Crippen molar-refractivity contribution < 1.29 is 139 Å². The Hall–Kier alpha value is -11.1. The van der Waals surface area contributed by atoms with Crippen LogP contribution in [0.5, 0.6) is 92.0 Å². The number of cyclic esters (lactones) is 1. The van der Waals surface area contributed by atoms with Gasteiger partial charge in [0.05, 0.1) is 33.0 Å². The first-order chi connectivity index (χ1) is 36.8. The van der Waals surface area contributed by atoms with Crippen LogP contribution in [0.2, 0.25) is 0 Å². The molecule has 13 N–H and O–H groups in total. The van der Waals surface area contributed by atoms with E-state index in [1.54, 1.807) is 0 Å². The first-order valence-electron chi connectivity index (χ1n) is 21.6. The molecule has 78 heavy (non-hydrogen) atoms. The molecule has 1 fully saturated rings. The molecule has 0 amide bonds. The summed E-state index contributed by atoms with van der Waals surface area (Å²) in [6.07, 6.45) is -13.1. The van der Waals surface area contributed by atoms with Crippen LogP contribution in [0.15, 0.2) is 42.7 Å². The van der Waals surface area contributed by atoms with Crippen LogP contribution < -0.4 is 31.7 Å². The maximum absolute atomic E-state index is 14.9.